The highest BCUT2D eigenvalue weighted by Gasteiger charge is 2.22. The van der Waals surface area contributed by atoms with Crippen LogP contribution in [0.2, 0.25) is 0 Å². The summed E-state index contributed by atoms with van der Waals surface area (Å²) in [6.45, 7) is 4.81. The number of nitrogens with one attached hydrogen (secondary N) is 2. The van der Waals surface area contributed by atoms with Crippen LogP contribution in [0.25, 0.3) is 0 Å². The molecule has 1 aromatic carbocycles. The molecule has 0 spiro atoms. The van der Waals surface area contributed by atoms with Gasteiger partial charge in [-0.25, -0.2) is 0 Å². The van der Waals surface area contributed by atoms with Gasteiger partial charge in [-0.15, -0.1) is 11.3 Å². The summed E-state index contributed by atoms with van der Waals surface area (Å²) in [6.07, 6.45) is 0. The predicted molar refractivity (Wildman–Crippen MR) is 92.7 cm³/mol. The molecule has 1 unspecified atom stereocenters. The van der Waals surface area contributed by atoms with Crippen LogP contribution in [0.5, 0.6) is 0 Å². The van der Waals surface area contributed by atoms with Crippen molar-refractivity contribution >= 4 is 28.8 Å². The van der Waals surface area contributed by atoms with Gasteiger partial charge in [-0.2, -0.15) is 0 Å². The van der Waals surface area contributed by atoms with Crippen molar-refractivity contribution in [1.82, 2.24) is 0 Å². The van der Waals surface area contributed by atoms with Crippen molar-refractivity contribution in [2.45, 2.75) is 26.4 Å². The number of likely N-dealkylation sites (N-methyl/N-ethyl adjacent to an activating group) is 1. The van der Waals surface area contributed by atoms with Gasteiger partial charge in [-0.3, -0.25) is 9.59 Å². The van der Waals surface area contributed by atoms with Crippen molar-refractivity contribution in [3.63, 3.8) is 0 Å². The molecule has 0 aliphatic heterocycles. The topological polar surface area (TPSA) is 76.6 Å². The lowest BCUT2D eigenvalue weighted by Crippen LogP contribution is -3.12. The van der Waals surface area contributed by atoms with Gasteiger partial charge in [0.05, 0.1) is 11.9 Å². The SMILES string of the molecule is Cc1ccsc1C[NH+](C)[C@H](C)C(=O)Nc1ccc(C(N)=O)cc1. The molecule has 122 valence electrons. The monoisotopic (exact) mass is 332 g/mol. The first-order valence-electron chi connectivity index (χ1n) is 7.44. The van der Waals surface area contributed by atoms with E-state index in [4.69, 9.17) is 5.73 Å². The summed E-state index contributed by atoms with van der Waals surface area (Å²) in [5, 5.41) is 4.95. The fourth-order valence-corrected chi connectivity index (χ4v) is 3.19. The van der Waals surface area contributed by atoms with E-state index in [0.29, 0.717) is 11.3 Å². The van der Waals surface area contributed by atoms with Gasteiger partial charge in [0.2, 0.25) is 5.91 Å². The van der Waals surface area contributed by atoms with Gasteiger partial charge < -0.3 is 16.0 Å². The molecule has 0 saturated heterocycles. The Morgan fingerprint density at radius 3 is 2.43 bits per heavy atom. The second-order valence-corrected chi connectivity index (χ2v) is 6.70. The zero-order valence-corrected chi connectivity index (χ0v) is 14.4. The Bertz CT molecular complexity index is 694. The lowest BCUT2D eigenvalue weighted by Gasteiger charge is -2.21. The zero-order valence-electron chi connectivity index (χ0n) is 13.6. The maximum Gasteiger partial charge on any atom is 0.282 e. The number of hydrogen-bond acceptors (Lipinski definition) is 3. The van der Waals surface area contributed by atoms with E-state index in [0.717, 1.165) is 11.4 Å². The molecule has 0 bridgehead atoms. The number of thiophene rings is 1. The van der Waals surface area contributed by atoms with Crippen LogP contribution < -0.4 is 16.0 Å². The average Bonchev–Trinajstić information content (AvgIpc) is 2.92. The van der Waals surface area contributed by atoms with Gasteiger partial charge >= 0.3 is 0 Å². The minimum atomic E-state index is -0.480. The lowest BCUT2D eigenvalue weighted by atomic mass is 10.2. The molecule has 6 heteroatoms. The summed E-state index contributed by atoms with van der Waals surface area (Å²) in [5.74, 6) is -0.532. The smallest absolute Gasteiger partial charge is 0.282 e. The van der Waals surface area contributed by atoms with Crippen LogP contribution in [0.1, 0.15) is 27.7 Å². The largest absolute Gasteiger partial charge is 0.366 e. The van der Waals surface area contributed by atoms with Crippen LogP contribution in [0.4, 0.5) is 5.69 Å². The second kappa shape index (κ2) is 7.39. The quantitative estimate of drug-likeness (QED) is 0.743. The van der Waals surface area contributed by atoms with Crippen molar-refractivity contribution in [2.24, 2.45) is 5.73 Å². The van der Waals surface area contributed by atoms with Crippen molar-refractivity contribution < 1.29 is 14.5 Å². The molecule has 0 aliphatic rings. The number of primary amides is 1. The Balaban J connectivity index is 1.96. The van der Waals surface area contributed by atoms with Crippen LogP contribution in [0, 0.1) is 6.92 Å². The number of anilines is 1. The number of quaternary nitrogens is 1. The van der Waals surface area contributed by atoms with E-state index in [2.05, 4.69) is 23.7 Å². The summed E-state index contributed by atoms with van der Waals surface area (Å²) in [5.41, 5.74) is 7.55. The van der Waals surface area contributed by atoms with Gasteiger partial charge in [0, 0.05) is 11.3 Å². The highest BCUT2D eigenvalue weighted by atomic mass is 32.1. The maximum atomic E-state index is 12.4. The predicted octanol–water partition coefficient (Wildman–Crippen LogP) is 1.20. The first kappa shape index (κ1) is 17.2. The van der Waals surface area contributed by atoms with Crippen molar-refractivity contribution in [2.75, 3.05) is 12.4 Å². The Hall–Kier alpha value is -2.18. The Morgan fingerprint density at radius 2 is 1.91 bits per heavy atom. The van der Waals surface area contributed by atoms with Crippen LogP contribution in [0.3, 0.4) is 0 Å². The van der Waals surface area contributed by atoms with Gasteiger partial charge in [-0.05, 0) is 55.1 Å². The normalized spacial score (nSPS) is 13.3. The highest BCUT2D eigenvalue weighted by Crippen LogP contribution is 2.14. The molecule has 2 rings (SSSR count). The van der Waals surface area contributed by atoms with Gasteiger partial charge in [-0.1, -0.05) is 0 Å². The first-order chi connectivity index (χ1) is 10.9. The average molecular weight is 332 g/mol. The second-order valence-electron chi connectivity index (χ2n) is 5.70. The molecule has 0 radical (unpaired) electrons. The summed E-state index contributed by atoms with van der Waals surface area (Å²) >= 11 is 1.72. The number of carbonyl (C=O) groups excluding carboxylic acids is 2. The number of rotatable bonds is 6. The zero-order chi connectivity index (χ0) is 17.0. The van der Waals surface area contributed by atoms with E-state index in [-0.39, 0.29) is 11.9 Å². The van der Waals surface area contributed by atoms with E-state index < -0.39 is 5.91 Å². The Morgan fingerprint density at radius 1 is 1.26 bits per heavy atom. The molecule has 0 aliphatic carbocycles. The number of nitrogens with two attached hydrogens (primary N) is 1. The summed E-state index contributed by atoms with van der Waals surface area (Å²) in [6, 6.07) is 8.49. The molecule has 2 amide bonds. The molecule has 1 aromatic heterocycles. The molecule has 4 N–H and O–H groups in total. The molecule has 0 fully saturated rings. The third kappa shape index (κ3) is 4.40. The summed E-state index contributed by atoms with van der Waals surface area (Å²) in [7, 11) is 2.01. The molecular formula is C17H22N3O2S+. The number of aryl methyl sites for hydroxylation is 1. The molecule has 2 aromatic rings. The first-order valence-corrected chi connectivity index (χ1v) is 8.32. The lowest BCUT2D eigenvalue weighted by molar-refractivity contribution is -0.907. The molecule has 1 heterocycles. The van der Waals surface area contributed by atoms with Crippen molar-refractivity contribution in [1.29, 1.82) is 0 Å². The molecular weight excluding hydrogens is 310 g/mol. The third-order valence-electron chi connectivity index (χ3n) is 3.98. The van der Waals surface area contributed by atoms with Crippen LogP contribution in [0.15, 0.2) is 35.7 Å². The van der Waals surface area contributed by atoms with E-state index in [1.54, 1.807) is 35.6 Å². The number of carbonyl (C=O) groups is 2. The van der Waals surface area contributed by atoms with Gasteiger partial charge in [0.1, 0.15) is 6.54 Å². The van der Waals surface area contributed by atoms with Crippen molar-refractivity contribution in [3.05, 3.63) is 51.7 Å². The van der Waals surface area contributed by atoms with E-state index in [9.17, 15) is 9.59 Å². The van der Waals surface area contributed by atoms with Crippen LogP contribution in [-0.2, 0) is 11.3 Å². The van der Waals surface area contributed by atoms with Crippen LogP contribution >= 0.6 is 11.3 Å². The maximum absolute atomic E-state index is 12.4. The Kier molecular flexibility index (Phi) is 5.52. The molecule has 2 atom stereocenters. The fraction of sp³-hybridized carbons (Fsp3) is 0.294. The highest BCUT2D eigenvalue weighted by molar-refractivity contribution is 7.10. The van der Waals surface area contributed by atoms with E-state index in [1.165, 1.54) is 10.4 Å². The number of benzene rings is 1. The number of amides is 2. The van der Waals surface area contributed by atoms with Crippen molar-refractivity contribution in [3.8, 4) is 0 Å². The minimum Gasteiger partial charge on any atom is -0.366 e. The summed E-state index contributed by atoms with van der Waals surface area (Å²) < 4.78 is 0. The Labute approximate surface area is 140 Å². The number of hydrogen-bond donors (Lipinski definition) is 3. The summed E-state index contributed by atoms with van der Waals surface area (Å²) in [4.78, 5) is 25.8. The van der Waals surface area contributed by atoms with E-state index >= 15 is 0 Å². The van der Waals surface area contributed by atoms with Gasteiger partial charge in [0.25, 0.3) is 5.91 Å². The molecule has 5 nitrogen and oxygen atoms in total. The minimum absolute atomic E-state index is 0.0523. The third-order valence-corrected chi connectivity index (χ3v) is 5.00. The van der Waals surface area contributed by atoms with E-state index in [1.807, 2.05) is 14.0 Å². The van der Waals surface area contributed by atoms with Gasteiger partial charge in [0.15, 0.2) is 6.04 Å². The fourth-order valence-electron chi connectivity index (χ4n) is 2.18. The molecule has 23 heavy (non-hydrogen) atoms. The molecule has 0 saturated carbocycles. The van der Waals surface area contributed by atoms with Crippen LogP contribution in [-0.4, -0.2) is 24.9 Å². The standard InChI is InChI=1S/C17H21N3O2S/c1-11-8-9-23-15(11)10-20(3)12(2)17(22)19-14-6-4-13(5-7-14)16(18)21/h4-9,12H,10H2,1-3H3,(H2,18,21)(H,19,22)/p+1/t12-/m1/s1.